The van der Waals surface area contributed by atoms with Gasteiger partial charge in [-0.25, -0.2) is 4.98 Å². The molecular formula is C18H19ClN6. The molecule has 0 bridgehead atoms. The fraction of sp³-hybridized carbons (Fsp3) is 0.278. The minimum absolute atomic E-state index is 0.637. The molecule has 3 aromatic heterocycles. The van der Waals surface area contributed by atoms with Crippen molar-refractivity contribution >= 4 is 17.3 Å². The number of anilines is 1. The highest BCUT2D eigenvalue weighted by Gasteiger charge is 2.19. The molecule has 1 N–H and O–H groups in total. The molecule has 7 heteroatoms. The van der Waals surface area contributed by atoms with Crippen molar-refractivity contribution in [3.05, 3.63) is 59.9 Å². The van der Waals surface area contributed by atoms with Gasteiger partial charge < -0.3 is 9.88 Å². The van der Waals surface area contributed by atoms with Crippen LogP contribution in [0.1, 0.15) is 5.69 Å². The van der Waals surface area contributed by atoms with Crippen LogP contribution in [0.5, 0.6) is 0 Å². The van der Waals surface area contributed by atoms with Crippen molar-refractivity contribution in [2.24, 2.45) is 0 Å². The van der Waals surface area contributed by atoms with Gasteiger partial charge in [-0.3, -0.25) is 14.9 Å². The summed E-state index contributed by atoms with van der Waals surface area (Å²) in [6.07, 6.45) is 7.09. The SMILES string of the molecule is Clc1cc(N2CCN(Cc3ccccn3)CC2)cnc1-c1cnc[nH]1. The first-order chi connectivity index (χ1) is 12.3. The third-order valence-electron chi connectivity index (χ3n) is 4.43. The third kappa shape index (κ3) is 3.65. The number of H-pyrrole nitrogens is 1. The predicted molar refractivity (Wildman–Crippen MR) is 98.6 cm³/mol. The molecule has 0 aliphatic carbocycles. The topological polar surface area (TPSA) is 60.9 Å². The molecule has 1 aliphatic rings. The van der Waals surface area contributed by atoms with Crippen molar-refractivity contribution in [1.29, 1.82) is 0 Å². The molecule has 4 rings (SSSR count). The number of imidazole rings is 1. The maximum absolute atomic E-state index is 6.42. The van der Waals surface area contributed by atoms with Crippen molar-refractivity contribution in [3.8, 4) is 11.4 Å². The predicted octanol–water partition coefficient (Wildman–Crippen LogP) is 2.84. The molecule has 128 valence electrons. The zero-order valence-corrected chi connectivity index (χ0v) is 14.5. The van der Waals surface area contributed by atoms with Crippen molar-refractivity contribution in [2.45, 2.75) is 6.54 Å². The fourth-order valence-electron chi connectivity index (χ4n) is 3.07. The molecule has 3 aromatic rings. The number of halogens is 1. The van der Waals surface area contributed by atoms with Crippen LogP contribution in [0.15, 0.2) is 49.2 Å². The Morgan fingerprint density at radius 3 is 2.64 bits per heavy atom. The molecule has 0 aromatic carbocycles. The average molecular weight is 355 g/mol. The van der Waals surface area contributed by atoms with Crippen LogP contribution in [0.25, 0.3) is 11.4 Å². The smallest absolute Gasteiger partial charge is 0.107 e. The summed E-state index contributed by atoms with van der Waals surface area (Å²) in [7, 11) is 0. The van der Waals surface area contributed by atoms with Gasteiger partial charge in [0.05, 0.1) is 40.8 Å². The molecule has 1 saturated heterocycles. The van der Waals surface area contributed by atoms with E-state index in [0.717, 1.165) is 55.5 Å². The lowest BCUT2D eigenvalue weighted by molar-refractivity contribution is 0.247. The minimum atomic E-state index is 0.637. The standard InChI is InChI=1S/C18H19ClN6/c19-16-9-15(10-22-18(16)17-11-20-13-23-17)25-7-5-24(6-8-25)12-14-3-1-2-4-21-14/h1-4,9-11,13H,5-8,12H2,(H,20,23). The highest BCUT2D eigenvalue weighted by atomic mass is 35.5. The number of aromatic nitrogens is 4. The summed E-state index contributed by atoms with van der Waals surface area (Å²) in [6.45, 7) is 4.79. The van der Waals surface area contributed by atoms with Crippen molar-refractivity contribution in [2.75, 3.05) is 31.1 Å². The Kier molecular flexibility index (Phi) is 4.63. The Bertz CT molecular complexity index is 813. The summed E-state index contributed by atoms with van der Waals surface area (Å²) in [6, 6.07) is 8.04. The lowest BCUT2D eigenvalue weighted by atomic mass is 10.2. The molecular weight excluding hydrogens is 336 g/mol. The van der Waals surface area contributed by atoms with Gasteiger partial charge in [0.1, 0.15) is 5.69 Å². The summed E-state index contributed by atoms with van der Waals surface area (Å²) < 4.78 is 0. The average Bonchev–Trinajstić information content (AvgIpc) is 3.17. The first kappa shape index (κ1) is 16.1. The van der Waals surface area contributed by atoms with E-state index >= 15 is 0 Å². The second-order valence-corrected chi connectivity index (χ2v) is 6.48. The molecule has 0 spiro atoms. The van der Waals surface area contributed by atoms with Crippen LogP contribution < -0.4 is 4.90 Å². The number of rotatable bonds is 4. The van der Waals surface area contributed by atoms with Gasteiger partial charge in [-0.15, -0.1) is 0 Å². The van der Waals surface area contributed by atoms with Crippen LogP contribution in [-0.4, -0.2) is 51.0 Å². The van der Waals surface area contributed by atoms with Crippen LogP contribution >= 0.6 is 11.6 Å². The first-order valence-electron chi connectivity index (χ1n) is 8.31. The van der Waals surface area contributed by atoms with E-state index in [1.165, 1.54) is 0 Å². The normalized spacial score (nSPS) is 15.5. The van der Waals surface area contributed by atoms with Gasteiger partial charge in [0.2, 0.25) is 0 Å². The van der Waals surface area contributed by atoms with Crippen LogP contribution in [0, 0.1) is 0 Å². The van der Waals surface area contributed by atoms with Crippen LogP contribution in [0.3, 0.4) is 0 Å². The van der Waals surface area contributed by atoms with E-state index in [9.17, 15) is 0 Å². The molecule has 0 unspecified atom stereocenters. The summed E-state index contributed by atoms with van der Waals surface area (Å²) >= 11 is 6.42. The summed E-state index contributed by atoms with van der Waals surface area (Å²) in [5, 5.41) is 0.637. The Balaban J connectivity index is 1.40. The molecule has 1 fully saturated rings. The maximum Gasteiger partial charge on any atom is 0.107 e. The van der Waals surface area contributed by atoms with Gasteiger partial charge in [-0.2, -0.15) is 0 Å². The molecule has 0 atom stereocenters. The highest BCUT2D eigenvalue weighted by Crippen LogP contribution is 2.28. The number of nitrogens with zero attached hydrogens (tertiary/aromatic N) is 5. The number of hydrogen-bond donors (Lipinski definition) is 1. The van der Waals surface area contributed by atoms with Crippen molar-refractivity contribution in [1.82, 2.24) is 24.8 Å². The number of aromatic amines is 1. The fourth-order valence-corrected chi connectivity index (χ4v) is 3.33. The van der Waals surface area contributed by atoms with E-state index in [1.54, 1.807) is 12.5 Å². The van der Waals surface area contributed by atoms with Crippen LogP contribution in [0.4, 0.5) is 5.69 Å². The highest BCUT2D eigenvalue weighted by molar-refractivity contribution is 6.33. The first-order valence-corrected chi connectivity index (χ1v) is 8.69. The molecule has 1 aliphatic heterocycles. The number of pyridine rings is 2. The van der Waals surface area contributed by atoms with Gasteiger partial charge in [-0.05, 0) is 18.2 Å². The zero-order chi connectivity index (χ0) is 17.1. The lowest BCUT2D eigenvalue weighted by Gasteiger charge is -2.35. The van der Waals surface area contributed by atoms with Crippen LogP contribution in [-0.2, 0) is 6.54 Å². The molecule has 0 amide bonds. The van der Waals surface area contributed by atoms with E-state index < -0.39 is 0 Å². The maximum atomic E-state index is 6.42. The number of piperazine rings is 1. The summed E-state index contributed by atoms with van der Waals surface area (Å²) in [5.41, 5.74) is 3.74. The zero-order valence-electron chi connectivity index (χ0n) is 13.8. The molecule has 6 nitrogen and oxygen atoms in total. The largest absolute Gasteiger partial charge is 0.368 e. The van der Waals surface area contributed by atoms with Gasteiger partial charge in [0.25, 0.3) is 0 Å². The minimum Gasteiger partial charge on any atom is -0.368 e. The van der Waals surface area contributed by atoms with E-state index in [-0.39, 0.29) is 0 Å². The summed E-state index contributed by atoms with van der Waals surface area (Å²) in [5.74, 6) is 0. The van der Waals surface area contributed by atoms with Crippen molar-refractivity contribution in [3.63, 3.8) is 0 Å². The number of hydrogen-bond acceptors (Lipinski definition) is 5. The Morgan fingerprint density at radius 1 is 1.08 bits per heavy atom. The molecule has 25 heavy (non-hydrogen) atoms. The Hall–Kier alpha value is -2.44. The third-order valence-corrected chi connectivity index (χ3v) is 4.72. The van der Waals surface area contributed by atoms with Gasteiger partial charge in [-0.1, -0.05) is 17.7 Å². The van der Waals surface area contributed by atoms with Gasteiger partial charge in [0, 0.05) is 38.9 Å². The molecule has 0 saturated carbocycles. The van der Waals surface area contributed by atoms with Gasteiger partial charge in [0.15, 0.2) is 0 Å². The second-order valence-electron chi connectivity index (χ2n) is 6.07. The lowest BCUT2D eigenvalue weighted by Crippen LogP contribution is -2.46. The Labute approximate surface area is 151 Å². The van der Waals surface area contributed by atoms with Crippen LogP contribution in [0.2, 0.25) is 5.02 Å². The Morgan fingerprint density at radius 2 is 1.96 bits per heavy atom. The monoisotopic (exact) mass is 354 g/mol. The quantitative estimate of drug-likeness (QED) is 0.780. The van der Waals surface area contributed by atoms with E-state index in [1.807, 2.05) is 30.6 Å². The van der Waals surface area contributed by atoms with E-state index in [2.05, 4.69) is 35.8 Å². The van der Waals surface area contributed by atoms with E-state index in [4.69, 9.17) is 11.6 Å². The summed E-state index contributed by atoms with van der Waals surface area (Å²) in [4.78, 5) is 20.7. The molecule has 0 radical (unpaired) electrons. The van der Waals surface area contributed by atoms with E-state index in [0.29, 0.717) is 5.02 Å². The second kappa shape index (κ2) is 7.21. The van der Waals surface area contributed by atoms with Crippen molar-refractivity contribution < 1.29 is 0 Å². The van der Waals surface area contributed by atoms with Gasteiger partial charge >= 0.3 is 0 Å². The molecule has 4 heterocycles. The number of nitrogens with one attached hydrogen (secondary N) is 1.